The number of carbonyl (C=O) groups excluding carboxylic acids is 1. The number of fused-ring (bicyclic) bond motifs is 3. The van der Waals surface area contributed by atoms with E-state index >= 15 is 0 Å². The molecular formula is C33H34N6O. The molecule has 40 heavy (non-hydrogen) atoms. The first kappa shape index (κ1) is 25.5. The Balaban J connectivity index is 1.46. The second-order valence-corrected chi connectivity index (χ2v) is 10.6. The Hall–Kier alpha value is -4.78. The van der Waals surface area contributed by atoms with Crippen LogP contribution < -0.4 is 10.2 Å². The van der Waals surface area contributed by atoms with Crippen molar-refractivity contribution in [3.63, 3.8) is 0 Å². The molecule has 0 bridgehead atoms. The molecule has 0 saturated carbocycles. The molecule has 1 atom stereocenters. The summed E-state index contributed by atoms with van der Waals surface area (Å²) < 4.78 is 4.19. The minimum atomic E-state index is -0.291. The Morgan fingerprint density at radius 2 is 1.65 bits per heavy atom. The summed E-state index contributed by atoms with van der Waals surface area (Å²) in [4.78, 5) is 18.1. The van der Waals surface area contributed by atoms with Crippen LogP contribution in [0.1, 0.15) is 39.7 Å². The number of amides is 2. The van der Waals surface area contributed by atoms with Crippen molar-refractivity contribution in [1.29, 1.82) is 0 Å². The Labute approximate surface area is 235 Å². The first-order chi connectivity index (χ1) is 19.4. The molecule has 6 rings (SSSR count). The van der Waals surface area contributed by atoms with Gasteiger partial charge in [-0.1, -0.05) is 60.2 Å². The highest BCUT2D eigenvalue weighted by atomic mass is 16.2. The molecule has 202 valence electrons. The lowest BCUT2D eigenvalue weighted by Gasteiger charge is -2.31. The monoisotopic (exact) mass is 530 g/mol. The Morgan fingerprint density at radius 3 is 2.35 bits per heavy atom. The van der Waals surface area contributed by atoms with Gasteiger partial charge in [-0.3, -0.25) is 0 Å². The van der Waals surface area contributed by atoms with E-state index in [0.29, 0.717) is 13.1 Å². The number of hydrogen-bond acceptors (Lipinski definition) is 3. The average molecular weight is 531 g/mol. The summed E-state index contributed by atoms with van der Waals surface area (Å²) in [5.74, 6) is 0.965. The topological polar surface area (TPSA) is 58.3 Å². The summed E-state index contributed by atoms with van der Waals surface area (Å²) in [6.45, 7) is 4.97. The molecular weight excluding hydrogens is 496 g/mol. The van der Waals surface area contributed by atoms with Crippen molar-refractivity contribution in [2.75, 3.05) is 19.0 Å². The van der Waals surface area contributed by atoms with Gasteiger partial charge in [-0.25, -0.2) is 9.48 Å². The number of anilines is 1. The second kappa shape index (κ2) is 10.4. The molecule has 0 radical (unpaired) electrons. The number of carbonyl (C=O) groups is 1. The lowest BCUT2D eigenvalue weighted by molar-refractivity contribution is 0.180. The van der Waals surface area contributed by atoms with Gasteiger partial charge in [0.1, 0.15) is 5.82 Å². The highest BCUT2D eigenvalue weighted by Gasteiger charge is 2.36. The van der Waals surface area contributed by atoms with Crippen LogP contribution in [0, 0.1) is 13.8 Å². The minimum absolute atomic E-state index is 0.116. The number of aromatic nitrogens is 3. The van der Waals surface area contributed by atoms with Gasteiger partial charge in [0.05, 0.1) is 29.7 Å². The summed E-state index contributed by atoms with van der Waals surface area (Å²) in [5.41, 5.74) is 8.35. The van der Waals surface area contributed by atoms with Crippen molar-refractivity contribution in [3.05, 3.63) is 131 Å². The Kier molecular flexibility index (Phi) is 6.64. The Bertz CT molecular complexity index is 1630. The van der Waals surface area contributed by atoms with Crippen molar-refractivity contribution < 1.29 is 4.79 Å². The molecule has 0 aliphatic carbocycles. The van der Waals surface area contributed by atoms with E-state index in [1.165, 1.54) is 5.56 Å². The predicted octanol–water partition coefficient (Wildman–Crippen LogP) is 6.16. The van der Waals surface area contributed by atoms with E-state index in [-0.39, 0.29) is 12.1 Å². The van der Waals surface area contributed by atoms with E-state index in [2.05, 4.69) is 94.6 Å². The maximum Gasteiger partial charge on any atom is 0.318 e. The molecule has 3 aromatic carbocycles. The molecule has 1 unspecified atom stereocenters. The molecule has 1 aliphatic rings. The van der Waals surface area contributed by atoms with Crippen molar-refractivity contribution >= 4 is 11.7 Å². The number of para-hydroxylation sites is 1. The molecule has 5 aromatic rings. The van der Waals surface area contributed by atoms with Gasteiger partial charge in [-0.05, 0) is 61.4 Å². The summed E-state index contributed by atoms with van der Waals surface area (Å²) in [5, 5.41) is 8.14. The number of nitrogens with zero attached hydrogens (tertiary/aromatic N) is 5. The SMILES string of the molecule is Cc1ccc(CNC(=O)N2Cc3c(C)nn(-c4ccccc4)c3-n3cccc3C2c2ccc(N(C)C)cc2)cc1. The van der Waals surface area contributed by atoms with Crippen molar-refractivity contribution in [3.8, 4) is 11.5 Å². The summed E-state index contributed by atoms with van der Waals surface area (Å²) >= 11 is 0. The number of rotatable bonds is 5. The van der Waals surface area contributed by atoms with Gasteiger partial charge < -0.3 is 19.7 Å². The van der Waals surface area contributed by atoms with E-state index in [0.717, 1.165) is 45.3 Å². The van der Waals surface area contributed by atoms with Crippen LogP contribution >= 0.6 is 0 Å². The molecule has 0 saturated heterocycles. The lowest BCUT2D eigenvalue weighted by Crippen LogP contribution is -2.41. The molecule has 1 aliphatic heterocycles. The van der Waals surface area contributed by atoms with E-state index in [9.17, 15) is 4.79 Å². The number of nitrogens with one attached hydrogen (secondary N) is 1. The third-order valence-corrected chi connectivity index (χ3v) is 7.64. The zero-order valence-corrected chi connectivity index (χ0v) is 23.4. The van der Waals surface area contributed by atoms with Crippen molar-refractivity contribution in [1.82, 2.24) is 24.6 Å². The smallest absolute Gasteiger partial charge is 0.318 e. The van der Waals surface area contributed by atoms with Crippen LogP contribution in [0.4, 0.5) is 10.5 Å². The van der Waals surface area contributed by atoms with Crippen LogP contribution in [0.5, 0.6) is 0 Å². The van der Waals surface area contributed by atoms with Gasteiger partial charge in [0, 0.05) is 38.1 Å². The fourth-order valence-corrected chi connectivity index (χ4v) is 5.44. The fraction of sp³-hybridized carbons (Fsp3) is 0.212. The van der Waals surface area contributed by atoms with E-state index in [4.69, 9.17) is 5.10 Å². The standard InChI is InChI=1S/C33H34N6O/c1-23-12-14-25(15-13-23)21-34-33(40)38-22-29-24(2)35-39(28-9-6-5-7-10-28)32(29)37-20-8-11-30(37)31(38)26-16-18-27(19-17-26)36(3)4/h5-20,31H,21-22H2,1-4H3,(H,34,40). The van der Waals surface area contributed by atoms with Crippen molar-refractivity contribution in [2.45, 2.75) is 33.0 Å². The van der Waals surface area contributed by atoms with Gasteiger partial charge in [-0.15, -0.1) is 0 Å². The highest BCUT2D eigenvalue weighted by molar-refractivity contribution is 5.76. The third-order valence-electron chi connectivity index (χ3n) is 7.64. The third kappa shape index (κ3) is 4.64. The second-order valence-electron chi connectivity index (χ2n) is 10.6. The summed E-state index contributed by atoms with van der Waals surface area (Å²) in [6.07, 6.45) is 2.07. The quantitative estimate of drug-likeness (QED) is 0.296. The van der Waals surface area contributed by atoms with Crippen LogP contribution in [0.15, 0.2) is 97.2 Å². The van der Waals surface area contributed by atoms with Crippen LogP contribution in [0.25, 0.3) is 11.5 Å². The zero-order valence-electron chi connectivity index (χ0n) is 23.4. The zero-order chi connectivity index (χ0) is 27.8. The number of benzene rings is 3. The van der Waals surface area contributed by atoms with E-state index < -0.39 is 0 Å². The fourth-order valence-electron chi connectivity index (χ4n) is 5.44. The number of hydrogen-bond donors (Lipinski definition) is 1. The van der Waals surface area contributed by atoms with Gasteiger partial charge >= 0.3 is 6.03 Å². The summed E-state index contributed by atoms with van der Waals surface area (Å²) in [6, 6.07) is 30.7. The minimum Gasteiger partial charge on any atom is -0.378 e. The van der Waals surface area contributed by atoms with Gasteiger partial charge in [0.25, 0.3) is 0 Å². The molecule has 2 amide bonds. The van der Waals surface area contributed by atoms with E-state index in [1.807, 2.05) is 54.9 Å². The van der Waals surface area contributed by atoms with Crippen LogP contribution in [0.2, 0.25) is 0 Å². The van der Waals surface area contributed by atoms with Crippen molar-refractivity contribution in [2.24, 2.45) is 0 Å². The molecule has 7 nitrogen and oxygen atoms in total. The molecule has 3 heterocycles. The molecule has 1 N–H and O–H groups in total. The van der Waals surface area contributed by atoms with Gasteiger partial charge in [-0.2, -0.15) is 5.10 Å². The van der Waals surface area contributed by atoms with Crippen LogP contribution in [0.3, 0.4) is 0 Å². The normalized spacial score (nSPS) is 14.3. The largest absolute Gasteiger partial charge is 0.378 e. The molecule has 2 aromatic heterocycles. The van der Waals surface area contributed by atoms with E-state index in [1.54, 1.807) is 0 Å². The molecule has 7 heteroatoms. The molecule has 0 spiro atoms. The maximum atomic E-state index is 14.0. The first-order valence-electron chi connectivity index (χ1n) is 13.6. The molecule has 0 fully saturated rings. The first-order valence-corrected chi connectivity index (χ1v) is 13.6. The maximum absolute atomic E-state index is 14.0. The van der Waals surface area contributed by atoms with Gasteiger partial charge in [0.2, 0.25) is 0 Å². The van der Waals surface area contributed by atoms with Gasteiger partial charge in [0.15, 0.2) is 0 Å². The summed E-state index contributed by atoms with van der Waals surface area (Å²) in [7, 11) is 4.07. The van der Waals surface area contributed by atoms with Crippen LogP contribution in [-0.4, -0.2) is 39.4 Å². The number of urea groups is 1. The lowest BCUT2D eigenvalue weighted by atomic mass is 10.0. The predicted molar refractivity (Wildman–Crippen MR) is 159 cm³/mol. The van der Waals surface area contributed by atoms with Crippen LogP contribution in [-0.2, 0) is 13.1 Å². The number of aryl methyl sites for hydroxylation is 2. The highest BCUT2D eigenvalue weighted by Crippen LogP contribution is 2.38. The Morgan fingerprint density at radius 1 is 0.925 bits per heavy atom. The average Bonchev–Trinajstić information content (AvgIpc) is 3.53.